The molecule has 0 spiro atoms. The van der Waals surface area contributed by atoms with E-state index in [1.807, 2.05) is 0 Å². The van der Waals surface area contributed by atoms with Gasteiger partial charge in [-0.1, -0.05) is 41.5 Å². The average Bonchev–Trinajstić information content (AvgIpc) is 3.08. The maximum atomic E-state index is 10.5. The average molecular weight is 455 g/mol. The van der Waals surface area contributed by atoms with E-state index in [-0.39, 0.29) is 47.9 Å². The molecule has 0 aromatic carbocycles. The van der Waals surface area contributed by atoms with Crippen LogP contribution in [0.3, 0.4) is 0 Å². The van der Waals surface area contributed by atoms with E-state index in [0.29, 0.717) is 13.2 Å². The highest BCUT2D eigenvalue weighted by molar-refractivity contribution is 8.07. The minimum absolute atomic E-state index is 0.0422. The first-order chi connectivity index (χ1) is 12.8. The van der Waals surface area contributed by atoms with Crippen molar-refractivity contribution < 1.29 is 27.8 Å². The summed E-state index contributed by atoms with van der Waals surface area (Å²) in [7, 11) is -1.87. The Hall–Kier alpha value is 0.627. The minimum Gasteiger partial charge on any atom is -0.411 e. The highest BCUT2D eigenvalue weighted by atomic mass is 32.5. The van der Waals surface area contributed by atoms with Crippen LogP contribution in [0.4, 0.5) is 0 Å². The molecule has 0 aliphatic carbocycles. The lowest BCUT2D eigenvalue weighted by atomic mass is 10.0. The molecule has 9 heteroatoms. The molecule has 3 unspecified atom stereocenters. The van der Waals surface area contributed by atoms with Crippen molar-refractivity contribution in [2.45, 2.75) is 90.5 Å². The highest BCUT2D eigenvalue weighted by Crippen LogP contribution is 2.48. The lowest BCUT2D eigenvalue weighted by molar-refractivity contribution is 0.0349. The normalized spacial score (nSPS) is 36.6. The van der Waals surface area contributed by atoms with Crippen molar-refractivity contribution in [3.63, 3.8) is 0 Å². The van der Waals surface area contributed by atoms with E-state index in [9.17, 15) is 4.89 Å². The molecule has 6 nitrogen and oxygen atoms in total. The Morgan fingerprint density at radius 2 is 1.61 bits per heavy atom. The molecule has 0 radical (unpaired) electrons. The van der Waals surface area contributed by atoms with Crippen LogP contribution in [0.15, 0.2) is 0 Å². The van der Waals surface area contributed by atoms with Crippen LogP contribution in [0.25, 0.3) is 0 Å². The Labute approximate surface area is 177 Å². The van der Waals surface area contributed by atoms with Gasteiger partial charge < -0.3 is 27.8 Å². The molecule has 0 amide bonds. The summed E-state index contributed by atoms with van der Waals surface area (Å²) in [5, 5.41) is 0.151. The van der Waals surface area contributed by atoms with Gasteiger partial charge in [-0.15, -0.1) is 0 Å². The summed E-state index contributed by atoms with van der Waals surface area (Å²) in [5.41, 5.74) is 0. The van der Waals surface area contributed by atoms with Crippen LogP contribution in [-0.2, 0) is 34.8 Å². The van der Waals surface area contributed by atoms with Crippen LogP contribution in [0, 0.1) is 11.8 Å². The first-order valence-electron chi connectivity index (χ1n) is 10.3. The van der Waals surface area contributed by atoms with Gasteiger partial charge in [0.1, 0.15) is 0 Å². The van der Waals surface area contributed by atoms with Gasteiger partial charge >= 0.3 is 6.72 Å². The van der Waals surface area contributed by atoms with E-state index in [4.69, 9.17) is 34.8 Å². The molecule has 0 aromatic heterocycles. The van der Waals surface area contributed by atoms with Crippen molar-refractivity contribution in [3.05, 3.63) is 0 Å². The Kier molecular flexibility index (Phi) is 8.36. The maximum absolute atomic E-state index is 10.5. The monoisotopic (exact) mass is 454 g/mol. The summed E-state index contributed by atoms with van der Waals surface area (Å²) in [6.07, 6.45) is 0.719. The fourth-order valence-corrected chi connectivity index (χ4v) is 6.30. The Balaban J connectivity index is 1.85. The Bertz CT molecular complexity index is 569. The van der Waals surface area contributed by atoms with Crippen LogP contribution >= 0.6 is 6.72 Å². The standard InChI is InChI=1S/C19H39O6PSSi/c1-9-15-13(2)17(10-21-15)24-26(20,27)23-12-16-14(3)18(11-22-16)25-28(7,8)19(4,5)6/h13-18H,9-12H2,1-8H3,(H,20,27)/t13?,14?,15-,16-,17-,18-,26?/m1/s1. The number of rotatable bonds is 8. The van der Waals surface area contributed by atoms with Gasteiger partial charge in [0.25, 0.3) is 0 Å². The molecule has 0 bridgehead atoms. The molecule has 166 valence electrons. The topological polar surface area (TPSA) is 66.4 Å². The first kappa shape index (κ1) is 24.9. The van der Waals surface area contributed by atoms with Gasteiger partial charge in [0.05, 0.1) is 44.2 Å². The summed E-state index contributed by atoms with van der Waals surface area (Å²) in [6, 6.07) is 0. The van der Waals surface area contributed by atoms with Crippen LogP contribution in [0.1, 0.15) is 48.0 Å². The molecule has 28 heavy (non-hydrogen) atoms. The molecule has 1 N–H and O–H groups in total. The van der Waals surface area contributed by atoms with Gasteiger partial charge in [0, 0.05) is 11.8 Å². The fourth-order valence-electron chi connectivity index (χ4n) is 3.40. The molecule has 2 aliphatic rings. The predicted octanol–water partition coefficient (Wildman–Crippen LogP) is 4.48. The van der Waals surface area contributed by atoms with E-state index < -0.39 is 15.0 Å². The lowest BCUT2D eigenvalue weighted by Crippen LogP contribution is -2.45. The second-order valence-electron chi connectivity index (χ2n) is 9.69. The molecule has 2 heterocycles. The molecule has 0 saturated carbocycles. The van der Waals surface area contributed by atoms with Crippen LogP contribution < -0.4 is 0 Å². The van der Waals surface area contributed by atoms with Gasteiger partial charge in [-0.2, -0.15) is 0 Å². The second-order valence-corrected chi connectivity index (χ2v) is 17.2. The summed E-state index contributed by atoms with van der Waals surface area (Å²) < 4.78 is 29.5. The van der Waals surface area contributed by atoms with Crippen molar-refractivity contribution in [1.82, 2.24) is 0 Å². The SMILES string of the molecule is CC[C@H]1OC[C@@H](OP(O)(=S)OC[C@H]2OC[C@@H](O[Si](C)(C)C(C)(C)C)C2C)C1C. The van der Waals surface area contributed by atoms with Gasteiger partial charge in [-0.25, -0.2) is 0 Å². The predicted molar refractivity (Wildman–Crippen MR) is 117 cm³/mol. The summed E-state index contributed by atoms with van der Waals surface area (Å²) in [4.78, 5) is 10.5. The Morgan fingerprint density at radius 3 is 2.14 bits per heavy atom. The molecular formula is C19H39O6PSSi. The number of hydrogen-bond acceptors (Lipinski definition) is 6. The number of ether oxygens (including phenoxy) is 2. The third-order valence-corrected chi connectivity index (χ3v) is 12.7. The quantitative estimate of drug-likeness (QED) is 0.429. The van der Waals surface area contributed by atoms with Gasteiger partial charge in [-0.3, -0.25) is 0 Å². The van der Waals surface area contributed by atoms with E-state index in [2.05, 4.69) is 54.6 Å². The van der Waals surface area contributed by atoms with E-state index in [1.54, 1.807) is 0 Å². The summed E-state index contributed by atoms with van der Waals surface area (Å²) in [6.45, 7) is 15.3. The van der Waals surface area contributed by atoms with E-state index >= 15 is 0 Å². The summed E-state index contributed by atoms with van der Waals surface area (Å²) in [5.74, 6) is 0.356. The molecule has 2 saturated heterocycles. The first-order valence-corrected chi connectivity index (χ1v) is 15.8. The van der Waals surface area contributed by atoms with Crippen molar-refractivity contribution in [2.24, 2.45) is 11.8 Å². The van der Waals surface area contributed by atoms with E-state index in [1.165, 1.54) is 0 Å². The fraction of sp³-hybridized carbons (Fsp3) is 1.00. The molecule has 0 aromatic rings. The van der Waals surface area contributed by atoms with Crippen LogP contribution in [0.5, 0.6) is 0 Å². The van der Waals surface area contributed by atoms with Crippen molar-refractivity contribution in [1.29, 1.82) is 0 Å². The molecular weight excluding hydrogens is 415 g/mol. The van der Waals surface area contributed by atoms with Crippen molar-refractivity contribution in [3.8, 4) is 0 Å². The van der Waals surface area contributed by atoms with Crippen molar-refractivity contribution >= 4 is 26.8 Å². The van der Waals surface area contributed by atoms with E-state index in [0.717, 1.165) is 6.42 Å². The third kappa shape index (κ3) is 6.08. The molecule has 2 fully saturated rings. The molecule has 2 rings (SSSR count). The smallest absolute Gasteiger partial charge is 0.324 e. The summed E-state index contributed by atoms with van der Waals surface area (Å²) >= 11 is 5.23. The molecule has 2 aliphatic heterocycles. The Morgan fingerprint density at radius 1 is 1.07 bits per heavy atom. The zero-order valence-corrected chi connectivity index (χ0v) is 21.3. The van der Waals surface area contributed by atoms with Gasteiger partial charge in [0.2, 0.25) is 0 Å². The minimum atomic E-state index is -3.34. The lowest BCUT2D eigenvalue weighted by Gasteiger charge is -2.39. The van der Waals surface area contributed by atoms with Crippen LogP contribution in [0.2, 0.25) is 18.1 Å². The maximum Gasteiger partial charge on any atom is 0.324 e. The second kappa shape index (κ2) is 9.41. The largest absolute Gasteiger partial charge is 0.411 e. The van der Waals surface area contributed by atoms with Gasteiger partial charge in [0.15, 0.2) is 8.32 Å². The number of hydrogen-bond donors (Lipinski definition) is 1. The zero-order chi connectivity index (χ0) is 21.3. The van der Waals surface area contributed by atoms with Gasteiger partial charge in [-0.05, 0) is 36.4 Å². The van der Waals surface area contributed by atoms with Crippen LogP contribution in [-0.4, -0.2) is 57.4 Å². The highest BCUT2D eigenvalue weighted by Gasteiger charge is 2.44. The molecule has 7 atom stereocenters. The van der Waals surface area contributed by atoms with Crippen molar-refractivity contribution in [2.75, 3.05) is 19.8 Å². The zero-order valence-electron chi connectivity index (χ0n) is 18.6. The third-order valence-electron chi connectivity index (χ3n) is 6.62.